The molecule has 0 aromatic heterocycles. The first kappa shape index (κ1) is 12.4. The summed E-state index contributed by atoms with van der Waals surface area (Å²) in [6, 6.07) is 6.09. The van der Waals surface area contributed by atoms with Gasteiger partial charge in [0.1, 0.15) is 5.82 Å². The first-order valence-corrected chi connectivity index (χ1v) is 7.07. The van der Waals surface area contributed by atoms with Gasteiger partial charge in [-0.15, -0.1) is 0 Å². The monoisotopic (exact) mass is 276 g/mol. The van der Waals surface area contributed by atoms with E-state index >= 15 is 0 Å². The molecule has 0 unspecified atom stereocenters. The zero-order valence-corrected chi connectivity index (χ0v) is 11.1. The van der Waals surface area contributed by atoms with Crippen LogP contribution in [0.1, 0.15) is 18.4 Å². The topological polar surface area (TPSA) is 32.7 Å². The Morgan fingerprint density at radius 1 is 1.21 bits per heavy atom. The van der Waals surface area contributed by atoms with Gasteiger partial charge in [-0.25, -0.2) is 4.39 Å². The van der Waals surface area contributed by atoms with Crippen LogP contribution in [0, 0.1) is 5.82 Å². The van der Waals surface area contributed by atoms with Gasteiger partial charge in [0.15, 0.2) is 5.17 Å². The number of benzene rings is 1. The Hall–Kier alpha value is -1.62. The molecule has 2 aliphatic heterocycles. The van der Waals surface area contributed by atoms with E-state index < -0.39 is 0 Å². The number of hydrogen-bond acceptors (Lipinski definition) is 3. The fourth-order valence-corrected chi connectivity index (χ4v) is 3.12. The highest BCUT2D eigenvalue weighted by atomic mass is 32.2. The van der Waals surface area contributed by atoms with Crippen molar-refractivity contribution in [3.63, 3.8) is 0 Å². The maximum Gasteiger partial charge on any atom is 0.286 e. The third-order valence-electron chi connectivity index (χ3n) is 3.15. The van der Waals surface area contributed by atoms with Crippen LogP contribution in [-0.4, -0.2) is 29.1 Å². The highest BCUT2D eigenvalue weighted by molar-refractivity contribution is 8.18. The average Bonchev–Trinajstić information content (AvgIpc) is 3.03. The van der Waals surface area contributed by atoms with Crippen LogP contribution in [0.5, 0.6) is 0 Å². The number of thioether (sulfide) groups is 1. The van der Waals surface area contributed by atoms with Gasteiger partial charge in [-0.1, -0.05) is 12.1 Å². The lowest BCUT2D eigenvalue weighted by atomic mass is 10.2. The second kappa shape index (κ2) is 5.17. The summed E-state index contributed by atoms with van der Waals surface area (Å²) >= 11 is 1.41. The molecule has 0 aliphatic carbocycles. The quantitative estimate of drug-likeness (QED) is 0.739. The second-order valence-corrected chi connectivity index (χ2v) is 5.56. The number of likely N-dealkylation sites (tertiary alicyclic amines) is 1. The standard InChI is InChI=1S/C14H13FN2OS/c15-11-5-3-10(4-6-11)9-12-13(18)16-14(19-12)17-7-1-2-8-17/h3-6,9H,1-2,7-8H2/b12-9+. The highest BCUT2D eigenvalue weighted by Crippen LogP contribution is 2.31. The summed E-state index contributed by atoms with van der Waals surface area (Å²) in [4.78, 5) is 18.7. The Morgan fingerprint density at radius 2 is 1.89 bits per heavy atom. The number of halogens is 1. The van der Waals surface area contributed by atoms with Gasteiger partial charge >= 0.3 is 0 Å². The summed E-state index contributed by atoms with van der Waals surface area (Å²) < 4.78 is 12.8. The van der Waals surface area contributed by atoms with Gasteiger partial charge in [0.2, 0.25) is 0 Å². The molecule has 0 radical (unpaired) electrons. The number of amidine groups is 1. The largest absolute Gasteiger partial charge is 0.351 e. The van der Waals surface area contributed by atoms with Gasteiger partial charge in [0.05, 0.1) is 4.91 Å². The summed E-state index contributed by atoms with van der Waals surface area (Å²) in [6.45, 7) is 1.95. The van der Waals surface area contributed by atoms with Crippen LogP contribution in [0.3, 0.4) is 0 Å². The van der Waals surface area contributed by atoms with Crippen LogP contribution in [-0.2, 0) is 4.79 Å². The lowest BCUT2D eigenvalue weighted by Gasteiger charge is -2.14. The maximum absolute atomic E-state index is 12.8. The molecule has 2 heterocycles. The van der Waals surface area contributed by atoms with E-state index in [0.717, 1.165) is 36.7 Å². The van der Waals surface area contributed by atoms with Gasteiger partial charge in [-0.2, -0.15) is 4.99 Å². The Bertz CT molecular complexity index is 559. The molecule has 1 amide bonds. The molecule has 3 nitrogen and oxygen atoms in total. The third-order valence-corrected chi connectivity index (χ3v) is 4.20. The molecule has 98 valence electrons. The first-order chi connectivity index (χ1) is 9.22. The van der Waals surface area contributed by atoms with Crippen molar-refractivity contribution in [1.29, 1.82) is 0 Å². The average molecular weight is 276 g/mol. The summed E-state index contributed by atoms with van der Waals surface area (Å²) in [5.41, 5.74) is 0.815. The van der Waals surface area contributed by atoms with E-state index in [1.54, 1.807) is 18.2 Å². The van der Waals surface area contributed by atoms with Crippen molar-refractivity contribution in [3.05, 3.63) is 40.6 Å². The molecule has 0 atom stereocenters. The zero-order chi connectivity index (χ0) is 13.2. The van der Waals surface area contributed by atoms with Crippen LogP contribution in [0.25, 0.3) is 6.08 Å². The van der Waals surface area contributed by atoms with Crippen molar-refractivity contribution in [1.82, 2.24) is 4.90 Å². The number of carbonyl (C=O) groups is 1. The number of hydrogen-bond donors (Lipinski definition) is 0. The molecule has 1 fully saturated rings. The molecule has 0 saturated carbocycles. The van der Waals surface area contributed by atoms with Crippen molar-refractivity contribution in [2.75, 3.05) is 13.1 Å². The van der Waals surface area contributed by atoms with E-state index in [-0.39, 0.29) is 11.7 Å². The third kappa shape index (κ3) is 2.71. The summed E-state index contributed by atoms with van der Waals surface area (Å²) in [5, 5.41) is 0.802. The normalized spacial score (nSPS) is 21.3. The molecular weight excluding hydrogens is 263 g/mol. The molecule has 1 aromatic rings. The minimum Gasteiger partial charge on any atom is -0.351 e. The second-order valence-electron chi connectivity index (χ2n) is 4.56. The fraction of sp³-hybridized carbons (Fsp3) is 0.286. The van der Waals surface area contributed by atoms with Crippen LogP contribution in [0.4, 0.5) is 4.39 Å². The van der Waals surface area contributed by atoms with Crippen LogP contribution < -0.4 is 0 Å². The SMILES string of the molecule is O=C1N=C(N2CCCC2)S/C1=C/c1ccc(F)cc1. The van der Waals surface area contributed by atoms with Gasteiger partial charge in [-0.05, 0) is 48.4 Å². The Labute approximate surface area is 115 Å². The Kier molecular flexibility index (Phi) is 3.38. The lowest BCUT2D eigenvalue weighted by molar-refractivity contribution is -0.113. The zero-order valence-electron chi connectivity index (χ0n) is 10.3. The van der Waals surface area contributed by atoms with E-state index in [9.17, 15) is 9.18 Å². The van der Waals surface area contributed by atoms with E-state index in [2.05, 4.69) is 9.89 Å². The summed E-state index contributed by atoms with van der Waals surface area (Å²) in [5.74, 6) is -0.474. The maximum atomic E-state index is 12.8. The molecule has 0 bridgehead atoms. The lowest BCUT2D eigenvalue weighted by Crippen LogP contribution is -2.23. The number of nitrogens with zero attached hydrogens (tertiary/aromatic N) is 2. The number of rotatable bonds is 1. The van der Waals surface area contributed by atoms with Crippen molar-refractivity contribution >= 4 is 28.9 Å². The van der Waals surface area contributed by atoms with E-state index in [0.29, 0.717) is 4.91 Å². The van der Waals surface area contributed by atoms with E-state index in [4.69, 9.17) is 0 Å². The van der Waals surface area contributed by atoms with Crippen LogP contribution in [0.15, 0.2) is 34.2 Å². The predicted molar refractivity (Wildman–Crippen MR) is 75.2 cm³/mol. The van der Waals surface area contributed by atoms with Crippen molar-refractivity contribution < 1.29 is 9.18 Å². The Morgan fingerprint density at radius 3 is 2.58 bits per heavy atom. The first-order valence-electron chi connectivity index (χ1n) is 6.25. The van der Waals surface area contributed by atoms with Crippen molar-refractivity contribution in [2.45, 2.75) is 12.8 Å². The van der Waals surface area contributed by atoms with Crippen LogP contribution >= 0.6 is 11.8 Å². The molecular formula is C14H13FN2OS. The molecule has 1 aromatic carbocycles. The van der Waals surface area contributed by atoms with Gasteiger partial charge < -0.3 is 4.90 Å². The van der Waals surface area contributed by atoms with Gasteiger partial charge in [-0.3, -0.25) is 4.79 Å². The summed E-state index contributed by atoms with van der Waals surface area (Å²) in [6.07, 6.45) is 4.08. The van der Waals surface area contributed by atoms with E-state index in [1.807, 2.05) is 0 Å². The predicted octanol–water partition coefficient (Wildman–Crippen LogP) is 2.89. The molecule has 0 spiro atoms. The van der Waals surface area contributed by atoms with E-state index in [1.165, 1.54) is 23.9 Å². The van der Waals surface area contributed by atoms with Crippen LogP contribution in [0.2, 0.25) is 0 Å². The molecule has 5 heteroatoms. The van der Waals surface area contributed by atoms with Crippen molar-refractivity contribution in [3.8, 4) is 0 Å². The van der Waals surface area contributed by atoms with Gasteiger partial charge in [0.25, 0.3) is 5.91 Å². The van der Waals surface area contributed by atoms with Gasteiger partial charge in [0, 0.05) is 13.1 Å². The fourth-order valence-electron chi connectivity index (χ4n) is 2.15. The molecule has 1 saturated heterocycles. The molecule has 0 N–H and O–H groups in total. The Balaban J connectivity index is 1.77. The highest BCUT2D eigenvalue weighted by Gasteiger charge is 2.27. The minimum atomic E-state index is -0.276. The molecule has 2 aliphatic rings. The number of amides is 1. The number of aliphatic imine (C=N–C) groups is 1. The smallest absolute Gasteiger partial charge is 0.286 e. The molecule has 19 heavy (non-hydrogen) atoms. The molecule has 3 rings (SSSR count). The van der Waals surface area contributed by atoms with Crippen molar-refractivity contribution in [2.24, 2.45) is 4.99 Å². The minimum absolute atomic E-state index is 0.198. The summed E-state index contributed by atoms with van der Waals surface area (Å²) in [7, 11) is 0. The number of carbonyl (C=O) groups excluding carboxylic acids is 1.